The molecule has 0 heterocycles. The number of nitro benzene ring substituents is 1. The van der Waals surface area contributed by atoms with Gasteiger partial charge in [0.1, 0.15) is 29.5 Å². The second-order valence-corrected chi connectivity index (χ2v) is 15.9. The van der Waals surface area contributed by atoms with Gasteiger partial charge in [0, 0.05) is 36.5 Å². The zero-order valence-electron chi connectivity index (χ0n) is 37.0. The van der Waals surface area contributed by atoms with Gasteiger partial charge in [-0.15, -0.1) is 10.2 Å². The molecule has 0 aliphatic rings. The molecule has 0 bridgehead atoms. The number of anilines is 1. The van der Waals surface area contributed by atoms with Gasteiger partial charge in [-0.2, -0.15) is 10.2 Å². The van der Waals surface area contributed by atoms with Gasteiger partial charge in [0.15, 0.2) is 0 Å². The zero-order valence-corrected chi connectivity index (χ0v) is 37.0. The lowest BCUT2D eigenvalue weighted by Gasteiger charge is -2.34. The Morgan fingerprint density at radius 1 is 0.667 bits per heavy atom. The van der Waals surface area contributed by atoms with Crippen molar-refractivity contribution in [1.29, 1.82) is 0 Å². The summed E-state index contributed by atoms with van der Waals surface area (Å²) in [6.07, 6.45) is 13.1. The van der Waals surface area contributed by atoms with E-state index in [-0.39, 0.29) is 24.2 Å². The number of carbonyl (C=O) groups excluding carboxylic acids is 2. The van der Waals surface area contributed by atoms with Gasteiger partial charge in [0.25, 0.3) is 5.69 Å². The average molecular weight is 831 g/mol. The molecular formula is C46H66N6O8. The number of non-ortho nitro benzene ring substituents is 1. The molecule has 0 amide bonds. The normalized spacial score (nSPS) is 12.7. The molecular weight excluding hydrogens is 765 g/mol. The zero-order chi connectivity index (χ0) is 44.0. The Labute approximate surface area is 356 Å². The van der Waals surface area contributed by atoms with Gasteiger partial charge in [-0.1, -0.05) is 71.6 Å². The number of likely N-dealkylation sites (N-methyl/N-ethyl adjacent to an activating group) is 1. The first-order valence-corrected chi connectivity index (χ1v) is 21.3. The summed E-state index contributed by atoms with van der Waals surface area (Å²) >= 11 is 0. The number of carbonyl (C=O) groups is 2. The van der Waals surface area contributed by atoms with Crippen LogP contribution >= 0.6 is 0 Å². The lowest BCUT2D eigenvalue weighted by molar-refractivity contribution is -0.384. The Balaban J connectivity index is 1.51. The number of nitrogens with zero attached hydrogens (tertiary/aromatic N) is 6. The number of hydrogen-bond donors (Lipinski definition) is 0. The Kier molecular flexibility index (Phi) is 20.6. The van der Waals surface area contributed by atoms with Crippen molar-refractivity contribution < 1.29 is 33.5 Å². The highest BCUT2D eigenvalue weighted by Crippen LogP contribution is 2.41. The Morgan fingerprint density at radius 2 is 1.15 bits per heavy atom. The van der Waals surface area contributed by atoms with Gasteiger partial charge in [-0.05, 0) is 83.4 Å². The molecule has 3 aromatic rings. The number of rotatable bonds is 28. The van der Waals surface area contributed by atoms with E-state index in [1.807, 2.05) is 58.9 Å². The first-order valence-electron chi connectivity index (χ1n) is 21.3. The number of hydrogen-bond acceptors (Lipinski definition) is 13. The van der Waals surface area contributed by atoms with Crippen LogP contribution in [0.15, 0.2) is 81.1 Å². The highest BCUT2D eigenvalue weighted by atomic mass is 16.6. The van der Waals surface area contributed by atoms with Gasteiger partial charge < -0.3 is 23.8 Å². The molecule has 3 rings (SSSR count). The summed E-state index contributed by atoms with van der Waals surface area (Å²) < 4.78 is 22.6. The molecule has 60 heavy (non-hydrogen) atoms. The number of unbranched alkanes of at least 4 members (excludes halogenated alkanes) is 9. The molecule has 1 atom stereocenters. The maximum absolute atomic E-state index is 13.3. The van der Waals surface area contributed by atoms with E-state index in [9.17, 15) is 19.7 Å². The van der Waals surface area contributed by atoms with Crippen LogP contribution in [-0.2, 0) is 19.1 Å². The van der Waals surface area contributed by atoms with Gasteiger partial charge in [0.2, 0.25) is 0 Å². The molecule has 0 spiro atoms. The number of benzene rings is 3. The summed E-state index contributed by atoms with van der Waals surface area (Å²) in [6, 6.07) is 16.5. The summed E-state index contributed by atoms with van der Waals surface area (Å²) in [7, 11) is 3.00. The maximum Gasteiger partial charge on any atom is 0.311 e. The monoisotopic (exact) mass is 830 g/mol. The molecule has 328 valence electrons. The molecule has 14 heteroatoms. The van der Waals surface area contributed by atoms with Crippen molar-refractivity contribution >= 4 is 46.1 Å². The van der Waals surface area contributed by atoms with Crippen molar-refractivity contribution in [3.63, 3.8) is 0 Å². The summed E-state index contributed by atoms with van der Waals surface area (Å²) in [4.78, 5) is 39.1. The maximum atomic E-state index is 13.3. The Bertz CT molecular complexity index is 1850. The molecule has 14 nitrogen and oxygen atoms in total. The molecule has 0 aliphatic heterocycles. The highest BCUT2D eigenvalue weighted by Gasteiger charge is 2.43. The van der Waals surface area contributed by atoms with Crippen LogP contribution in [0.2, 0.25) is 0 Å². The summed E-state index contributed by atoms with van der Waals surface area (Å²) in [5, 5.41) is 28.1. The standard InChI is InChI=1S/C46H66N6O8/c1-9-12-13-14-15-16-17-18-19-20-30-59-44(54)46(6,10-2)34-45(4,5)43(53)60-31-29-51(11-3)37-25-21-35(22-26-37)47-49-39-32-42(58-8)40(33-41(39)57-7)50-48-36-23-27-38(28-24-36)52(55)56/h21-28,32-33H,9-20,29-31,34H2,1-8H3/b49-47+,50-48+. The predicted octanol–water partition coefficient (Wildman–Crippen LogP) is 13.1. The lowest BCUT2D eigenvalue weighted by Crippen LogP contribution is -2.39. The second-order valence-electron chi connectivity index (χ2n) is 15.9. The van der Waals surface area contributed by atoms with E-state index < -0.39 is 15.8 Å². The summed E-state index contributed by atoms with van der Waals surface area (Å²) in [5.41, 5.74) is 1.04. The van der Waals surface area contributed by atoms with Crippen LogP contribution in [0, 0.1) is 20.9 Å². The molecule has 0 saturated carbocycles. The minimum Gasteiger partial charge on any atom is -0.494 e. The van der Waals surface area contributed by atoms with Crippen LogP contribution in [0.3, 0.4) is 0 Å². The number of ether oxygens (including phenoxy) is 4. The van der Waals surface area contributed by atoms with E-state index in [2.05, 4.69) is 32.3 Å². The third kappa shape index (κ3) is 15.6. The minimum absolute atomic E-state index is 0.0413. The third-order valence-corrected chi connectivity index (χ3v) is 10.7. The van der Waals surface area contributed by atoms with E-state index in [1.54, 1.807) is 12.1 Å². The van der Waals surface area contributed by atoms with E-state index in [4.69, 9.17) is 18.9 Å². The second kappa shape index (κ2) is 25.3. The number of esters is 2. The van der Waals surface area contributed by atoms with Crippen molar-refractivity contribution in [2.75, 3.05) is 45.4 Å². The fraction of sp³-hybridized carbons (Fsp3) is 0.565. The van der Waals surface area contributed by atoms with Gasteiger partial charge in [0.05, 0.1) is 54.5 Å². The molecule has 0 aromatic heterocycles. The largest absolute Gasteiger partial charge is 0.494 e. The van der Waals surface area contributed by atoms with Gasteiger partial charge in [-0.25, -0.2) is 0 Å². The molecule has 1 unspecified atom stereocenters. The van der Waals surface area contributed by atoms with E-state index >= 15 is 0 Å². The summed E-state index contributed by atoms with van der Waals surface area (Å²) in [6.45, 7) is 13.5. The quantitative estimate of drug-likeness (QED) is 0.0227. The number of methoxy groups -OCH3 is 2. The van der Waals surface area contributed by atoms with Crippen molar-refractivity contribution in [3.05, 3.63) is 70.8 Å². The van der Waals surface area contributed by atoms with Crippen LogP contribution in [-0.4, -0.2) is 57.4 Å². The van der Waals surface area contributed by atoms with Crippen LogP contribution in [0.25, 0.3) is 0 Å². The van der Waals surface area contributed by atoms with Crippen LogP contribution in [0.5, 0.6) is 11.5 Å². The molecule has 0 N–H and O–H groups in total. The Hall–Kier alpha value is -5.40. The SMILES string of the molecule is CCCCCCCCCCCCOC(=O)C(C)(CC)CC(C)(C)C(=O)OCCN(CC)c1ccc(/N=N/c2cc(OC)c(/N=N/c3ccc([N+](=O)[O-])cc3)cc2OC)cc1. The van der Waals surface area contributed by atoms with Gasteiger partial charge >= 0.3 is 11.9 Å². The summed E-state index contributed by atoms with van der Waals surface area (Å²) in [5.74, 6) is 0.177. The van der Waals surface area contributed by atoms with E-state index in [0.29, 0.717) is 66.8 Å². The third-order valence-electron chi connectivity index (χ3n) is 10.7. The molecule has 3 aromatic carbocycles. The smallest absolute Gasteiger partial charge is 0.311 e. The van der Waals surface area contributed by atoms with Crippen molar-refractivity contribution in [2.24, 2.45) is 31.3 Å². The molecule has 0 saturated heterocycles. The highest BCUT2D eigenvalue weighted by molar-refractivity contribution is 5.80. The van der Waals surface area contributed by atoms with Gasteiger partial charge in [-0.3, -0.25) is 19.7 Å². The van der Waals surface area contributed by atoms with E-state index in [1.165, 1.54) is 89.9 Å². The average Bonchev–Trinajstić information content (AvgIpc) is 3.25. The predicted molar refractivity (Wildman–Crippen MR) is 236 cm³/mol. The lowest BCUT2D eigenvalue weighted by atomic mass is 9.72. The van der Waals surface area contributed by atoms with Crippen LogP contribution in [0.1, 0.15) is 119 Å². The fourth-order valence-electron chi connectivity index (χ4n) is 6.85. The van der Waals surface area contributed by atoms with Crippen LogP contribution in [0.4, 0.5) is 34.1 Å². The number of nitro groups is 1. The first kappa shape index (κ1) is 49.0. The first-order chi connectivity index (χ1) is 28.8. The molecule has 0 radical (unpaired) electrons. The van der Waals surface area contributed by atoms with Crippen molar-refractivity contribution in [3.8, 4) is 11.5 Å². The van der Waals surface area contributed by atoms with Crippen molar-refractivity contribution in [1.82, 2.24) is 0 Å². The molecule has 0 aliphatic carbocycles. The van der Waals surface area contributed by atoms with Crippen LogP contribution < -0.4 is 14.4 Å². The molecule has 0 fully saturated rings. The minimum atomic E-state index is -0.878. The van der Waals surface area contributed by atoms with Crippen molar-refractivity contribution in [2.45, 2.75) is 119 Å². The Morgan fingerprint density at radius 3 is 1.62 bits per heavy atom. The number of azo groups is 2. The fourth-order valence-corrected chi connectivity index (χ4v) is 6.85. The van der Waals surface area contributed by atoms with E-state index in [0.717, 1.165) is 18.5 Å². The topological polar surface area (TPSA) is 167 Å².